The number of benzene rings is 2. The van der Waals surface area contributed by atoms with Gasteiger partial charge in [0.2, 0.25) is 5.91 Å². The van der Waals surface area contributed by atoms with Crippen LogP contribution in [0.25, 0.3) is 0 Å². The number of amides is 2. The van der Waals surface area contributed by atoms with Crippen LogP contribution in [0.1, 0.15) is 17.3 Å². The number of hydrogen-bond donors (Lipinski definition) is 1. The molecule has 2 aromatic carbocycles. The van der Waals surface area contributed by atoms with Gasteiger partial charge in [0.05, 0.1) is 7.11 Å². The molecule has 1 saturated heterocycles. The molecule has 0 aromatic heterocycles. The Labute approximate surface area is 153 Å². The molecule has 2 aromatic rings. The van der Waals surface area contributed by atoms with Crippen LogP contribution in [0.3, 0.4) is 0 Å². The first kappa shape index (κ1) is 17.8. The number of carbonyl (C=O) groups is 2. The molecular formula is C20H23N3O3. The van der Waals surface area contributed by atoms with Crippen molar-refractivity contribution in [2.24, 2.45) is 0 Å². The summed E-state index contributed by atoms with van der Waals surface area (Å²) in [5.74, 6) is 0.734. The van der Waals surface area contributed by atoms with Crippen LogP contribution < -0.4 is 15.0 Å². The molecule has 0 aliphatic carbocycles. The quantitative estimate of drug-likeness (QED) is 0.918. The van der Waals surface area contributed by atoms with Gasteiger partial charge in [-0.1, -0.05) is 0 Å². The summed E-state index contributed by atoms with van der Waals surface area (Å²) in [6.07, 6.45) is 0. The Morgan fingerprint density at radius 3 is 2.08 bits per heavy atom. The van der Waals surface area contributed by atoms with Gasteiger partial charge >= 0.3 is 0 Å². The molecule has 0 atom stereocenters. The Kier molecular flexibility index (Phi) is 5.41. The second-order valence-electron chi connectivity index (χ2n) is 6.24. The third-order valence-electron chi connectivity index (χ3n) is 4.46. The molecule has 3 rings (SSSR count). The number of hydrogen-bond acceptors (Lipinski definition) is 4. The van der Waals surface area contributed by atoms with E-state index in [0.29, 0.717) is 24.3 Å². The van der Waals surface area contributed by atoms with E-state index in [2.05, 4.69) is 10.2 Å². The maximum absolute atomic E-state index is 12.7. The number of nitrogens with one attached hydrogen (secondary N) is 1. The van der Waals surface area contributed by atoms with Crippen molar-refractivity contribution in [3.05, 3.63) is 54.1 Å². The van der Waals surface area contributed by atoms with Gasteiger partial charge < -0.3 is 19.9 Å². The zero-order chi connectivity index (χ0) is 18.5. The SMILES string of the molecule is COc1ccc(N2CCN(C(=O)c3ccc(NC(C)=O)cc3)CC2)cc1. The lowest BCUT2D eigenvalue weighted by atomic mass is 10.1. The second-order valence-corrected chi connectivity index (χ2v) is 6.24. The van der Waals surface area contributed by atoms with Crippen LogP contribution in [-0.2, 0) is 4.79 Å². The largest absolute Gasteiger partial charge is 0.497 e. The minimum Gasteiger partial charge on any atom is -0.497 e. The molecular weight excluding hydrogens is 330 g/mol. The van der Waals surface area contributed by atoms with Gasteiger partial charge in [-0.2, -0.15) is 0 Å². The summed E-state index contributed by atoms with van der Waals surface area (Å²) in [5.41, 5.74) is 2.47. The number of carbonyl (C=O) groups excluding carboxylic acids is 2. The lowest BCUT2D eigenvalue weighted by Gasteiger charge is -2.36. The number of piperazine rings is 1. The van der Waals surface area contributed by atoms with Gasteiger partial charge in [-0.05, 0) is 48.5 Å². The number of ether oxygens (including phenoxy) is 1. The third kappa shape index (κ3) is 4.14. The average molecular weight is 353 g/mol. The molecule has 136 valence electrons. The van der Waals surface area contributed by atoms with Gasteiger partial charge in [-0.25, -0.2) is 0 Å². The molecule has 1 fully saturated rings. The normalized spacial score (nSPS) is 14.1. The maximum Gasteiger partial charge on any atom is 0.253 e. The summed E-state index contributed by atoms with van der Waals surface area (Å²) in [5, 5.41) is 2.70. The molecule has 1 aliphatic rings. The van der Waals surface area contributed by atoms with Crippen molar-refractivity contribution in [2.75, 3.05) is 43.5 Å². The lowest BCUT2D eigenvalue weighted by molar-refractivity contribution is -0.114. The van der Waals surface area contributed by atoms with Crippen LogP contribution in [0, 0.1) is 0 Å². The van der Waals surface area contributed by atoms with E-state index >= 15 is 0 Å². The summed E-state index contributed by atoms with van der Waals surface area (Å²) >= 11 is 0. The highest BCUT2D eigenvalue weighted by Crippen LogP contribution is 2.21. The zero-order valence-electron chi connectivity index (χ0n) is 15.1. The molecule has 0 saturated carbocycles. The first-order valence-electron chi connectivity index (χ1n) is 8.63. The topological polar surface area (TPSA) is 61.9 Å². The first-order valence-corrected chi connectivity index (χ1v) is 8.63. The molecule has 6 heteroatoms. The molecule has 26 heavy (non-hydrogen) atoms. The molecule has 1 N–H and O–H groups in total. The van der Waals surface area contributed by atoms with Gasteiger partial charge in [0.1, 0.15) is 5.75 Å². The zero-order valence-corrected chi connectivity index (χ0v) is 15.1. The van der Waals surface area contributed by atoms with Crippen molar-refractivity contribution < 1.29 is 14.3 Å². The van der Waals surface area contributed by atoms with Crippen LogP contribution in [0.15, 0.2) is 48.5 Å². The van der Waals surface area contributed by atoms with Gasteiger partial charge in [-0.3, -0.25) is 9.59 Å². The second kappa shape index (κ2) is 7.91. The van der Waals surface area contributed by atoms with Crippen LogP contribution in [0.4, 0.5) is 11.4 Å². The number of nitrogens with zero attached hydrogens (tertiary/aromatic N) is 2. The highest BCUT2D eigenvalue weighted by Gasteiger charge is 2.22. The van der Waals surface area contributed by atoms with Gasteiger partial charge in [0.25, 0.3) is 5.91 Å². The monoisotopic (exact) mass is 353 g/mol. The Balaban J connectivity index is 1.58. The van der Waals surface area contributed by atoms with E-state index in [4.69, 9.17) is 4.74 Å². The van der Waals surface area contributed by atoms with Crippen LogP contribution in [0.2, 0.25) is 0 Å². The van der Waals surface area contributed by atoms with Crippen LogP contribution in [0.5, 0.6) is 5.75 Å². The van der Waals surface area contributed by atoms with Gasteiger partial charge in [0, 0.05) is 50.0 Å². The summed E-state index contributed by atoms with van der Waals surface area (Å²) in [7, 11) is 1.65. The fraction of sp³-hybridized carbons (Fsp3) is 0.300. The molecule has 0 spiro atoms. The van der Waals surface area contributed by atoms with Crippen molar-refractivity contribution in [2.45, 2.75) is 6.92 Å². The Hall–Kier alpha value is -3.02. The molecule has 0 unspecified atom stereocenters. The summed E-state index contributed by atoms with van der Waals surface area (Å²) in [4.78, 5) is 27.9. The van der Waals surface area contributed by atoms with E-state index in [1.807, 2.05) is 29.2 Å². The Bertz CT molecular complexity index is 764. The molecule has 6 nitrogen and oxygen atoms in total. The van der Waals surface area contributed by atoms with Crippen molar-refractivity contribution in [1.82, 2.24) is 4.90 Å². The highest BCUT2D eigenvalue weighted by molar-refractivity contribution is 5.95. The van der Waals surface area contributed by atoms with Gasteiger partial charge in [0.15, 0.2) is 0 Å². The number of rotatable bonds is 4. The van der Waals surface area contributed by atoms with E-state index in [1.165, 1.54) is 6.92 Å². The number of anilines is 2. The summed E-state index contributed by atoms with van der Waals surface area (Å²) in [6, 6.07) is 15.0. The molecule has 1 heterocycles. The Morgan fingerprint density at radius 2 is 1.54 bits per heavy atom. The standard InChI is InChI=1S/C20H23N3O3/c1-15(24)21-17-5-3-16(4-6-17)20(25)23-13-11-22(12-14-23)18-7-9-19(26-2)10-8-18/h3-10H,11-14H2,1-2H3,(H,21,24). The average Bonchev–Trinajstić information content (AvgIpc) is 2.68. The van der Waals surface area contributed by atoms with Crippen LogP contribution in [-0.4, -0.2) is 50.0 Å². The van der Waals surface area contributed by atoms with Gasteiger partial charge in [-0.15, -0.1) is 0 Å². The van der Waals surface area contributed by atoms with E-state index in [-0.39, 0.29) is 11.8 Å². The van der Waals surface area contributed by atoms with Crippen molar-refractivity contribution >= 4 is 23.2 Å². The molecule has 0 radical (unpaired) electrons. The summed E-state index contributed by atoms with van der Waals surface area (Å²) in [6.45, 7) is 4.40. The predicted octanol–water partition coefficient (Wildman–Crippen LogP) is 2.62. The summed E-state index contributed by atoms with van der Waals surface area (Å²) < 4.78 is 5.19. The van der Waals surface area contributed by atoms with E-state index < -0.39 is 0 Å². The fourth-order valence-corrected chi connectivity index (χ4v) is 3.04. The lowest BCUT2D eigenvalue weighted by Crippen LogP contribution is -2.48. The minimum absolute atomic E-state index is 0.0220. The fourth-order valence-electron chi connectivity index (χ4n) is 3.04. The van der Waals surface area contributed by atoms with Crippen molar-refractivity contribution in [3.63, 3.8) is 0 Å². The van der Waals surface area contributed by atoms with Crippen molar-refractivity contribution in [1.29, 1.82) is 0 Å². The van der Waals surface area contributed by atoms with E-state index in [1.54, 1.807) is 31.4 Å². The van der Waals surface area contributed by atoms with E-state index in [0.717, 1.165) is 24.5 Å². The predicted molar refractivity (Wildman–Crippen MR) is 102 cm³/mol. The minimum atomic E-state index is -0.126. The number of methoxy groups -OCH3 is 1. The maximum atomic E-state index is 12.7. The Morgan fingerprint density at radius 1 is 0.923 bits per heavy atom. The first-order chi connectivity index (χ1) is 12.6. The highest BCUT2D eigenvalue weighted by atomic mass is 16.5. The smallest absolute Gasteiger partial charge is 0.253 e. The van der Waals surface area contributed by atoms with Crippen LogP contribution >= 0.6 is 0 Å². The van der Waals surface area contributed by atoms with Crippen molar-refractivity contribution in [3.8, 4) is 5.75 Å². The molecule has 1 aliphatic heterocycles. The van der Waals surface area contributed by atoms with E-state index in [9.17, 15) is 9.59 Å². The molecule has 2 amide bonds. The molecule has 0 bridgehead atoms. The third-order valence-corrected chi connectivity index (χ3v) is 4.46.